The van der Waals surface area contributed by atoms with Gasteiger partial charge in [-0.25, -0.2) is 5.84 Å². The molecule has 1 heterocycles. The van der Waals surface area contributed by atoms with Gasteiger partial charge in [-0.2, -0.15) is 0 Å². The molecule has 0 fully saturated rings. The van der Waals surface area contributed by atoms with Gasteiger partial charge in [0.05, 0.1) is 0 Å². The fraction of sp³-hybridized carbons (Fsp3) is 0.500. The molecule has 0 aliphatic rings. The summed E-state index contributed by atoms with van der Waals surface area (Å²) in [5, 5.41) is 10.4. The zero-order valence-corrected chi connectivity index (χ0v) is 8.79. The lowest BCUT2D eigenvalue weighted by atomic mass is 10.2. The summed E-state index contributed by atoms with van der Waals surface area (Å²) in [5.41, 5.74) is 2.02. The zero-order chi connectivity index (χ0) is 12.1. The topological polar surface area (TPSA) is 116 Å². The minimum Gasteiger partial charge on any atom is -0.358 e. The average molecular weight is 227 g/mol. The van der Waals surface area contributed by atoms with E-state index in [1.165, 1.54) is 12.5 Å². The van der Waals surface area contributed by atoms with E-state index >= 15 is 0 Å². The second-order valence-corrected chi connectivity index (χ2v) is 3.39. The summed E-state index contributed by atoms with van der Waals surface area (Å²) in [6.45, 7) is 1.84. The van der Waals surface area contributed by atoms with Crippen molar-refractivity contribution in [2.45, 2.75) is 25.8 Å². The van der Waals surface area contributed by atoms with Gasteiger partial charge in [-0.05, 0) is 23.3 Å². The molecule has 0 radical (unpaired) electrons. The summed E-state index contributed by atoms with van der Waals surface area (Å²) in [6, 6.07) is -0.0431. The fourth-order valence-electron chi connectivity index (χ4n) is 1.22. The Morgan fingerprint density at radius 2 is 2.50 bits per heavy atom. The van der Waals surface area contributed by atoms with Crippen LogP contribution in [0.15, 0.2) is 12.5 Å². The molecule has 0 spiro atoms. The Labute approximate surface area is 91.6 Å². The lowest BCUT2D eigenvalue weighted by molar-refractivity contribution is -0.389. The Hall–Kier alpha value is -1.96. The molecule has 0 saturated carbocycles. The third kappa shape index (κ3) is 3.02. The van der Waals surface area contributed by atoms with Crippen molar-refractivity contribution in [3.05, 3.63) is 22.6 Å². The van der Waals surface area contributed by atoms with Crippen molar-refractivity contribution < 1.29 is 9.72 Å². The van der Waals surface area contributed by atoms with Crippen LogP contribution in [-0.4, -0.2) is 20.4 Å². The Morgan fingerprint density at radius 3 is 3.00 bits per heavy atom. The molecule has 0 aromatic carbocycles. The zero-order valence-electron chi connectivity index (χ0n) is 8.79. The maximum atomic E-state index is 10.9. The van der Waals surface area contributed by atoms with Crippen LogP contribution in [0, 0.1) is 10.1 Å². The predicted octanol–water partition coefficient (Wildman–Crippen LogP) is 0.122. The van der Waals surface area contributed by atoms with Crippen molar-refractivity contribution in [1.82, 2.24) is 15.0 Å². The number of hydrogen-bond donors (Lipinski definition) is 2. The Balaban J connectivity index is 2.55. The first-order chi connectivity index (χ1) is 7.54. The number of nitro groups is 1. The van der Waals surface area contributed by atoms with Crippen molar-refractivity contribution in [3.63, 3.8) is 0 Å². The van der Waals surface area contributed by atoms with E-state index in [2.05, 4.69) is 4.98 Å². The highest BCUT2D eigenvalue weighted by atomic mass is 16.6. The minimum absolute atomic E-state index is 0.0431. The number of carbonyl (C=O) groups is 1. The first kappa shape index (κ1) is 12.1. The van der Waals surface area contributed by atoms with Crippen LogP contribution in [0.3, 0.4) is 0 Å². The summed E-state index contributed by atoms with van der Waals surface area (Å²) in [6.07, 6.45) is 3.52. The van der Waals surface area contributed by atoms with Crippen molar-refractivity contribution in [3.8, 4) is 0 Å². The largest absolute Gasteiger partial charge is 0.381 e. The first-order valence-electron chi connectivity index (χ1n) is 4.72. The monoisotopic (exact) mass is 227 g/mol. The van der Waals surface area contributed by atoms with Crippen molar-refractivity contribution in [1.29, 1.82) is 0 Å². The van der Waals surface area contributed by atoms with E-state index in [4.69, 9.17) is 5.84 Å². The molecule has 0 saturated heterocycles. The standard InChI is InChI=1S/C8H13N5O3/c1-6(2-3-8(14)11-9)12-4-7(10-5-12)13(15)16/h4-6H,2-3,9H2,1H3,(H,11,14). The molecule has 1 rings (SSSR count). The molecular weight excluding hydrogens is 214 g/mol. The van der Waals surface area contributed by atoms with Gasteiger partial charge in [0.2, 0.25) is 12.2 Å². The highest BCUT2D eigenvalue weighted by molar-refractivity contribution is 5.75. The SMILES string of the molecule is CC(CCC(=O)NN)n1cnc([N+](=O)[O-])c1. The minimum atomic E-state index is -0.560. The van der Waals surface area contributed by atoms with Gasteiger partial charge in [0.1, 0.15) is 6.20 Å². The van der Waals surface area contributed by atoms with Gasteiger partial charge >= 0.3 is 5.82 Å². The molecular formula is C8H13N5O3. The lowest BCUT2D eigenvalue weighted by Gasteiger charge is -2.10. The number of nitrogens with two attached hydrogens (primary N) is 1. The molecule has 16 heavy (non-hydrogen) atoms. The average Bonchev–Trinajstić information content (AvgIpc) is 2.74. The van der Waals surface area contributed by atoms with Crippen LogP contribution in [0.2, 0.25) is 0 Å². The van der Waals surface area contributed by atoms with Gasteiger partial charge in [0, 0.05) is 12.5 Å². The molecule has 1 aromatic heterocycles. The fourth-order valence-corrected chi connectivity index (χ4v) is 1.22. The molecule has 1 unspecified atom stereocenters. The van der Waals surface area contributed by atoms with Crippen LogP contribution in [0.25, 0.3) is 0 Å². The number of hydrazine groups is 1. The van der Waals surface area contributed by atoms with E-state index in [1.54, 1.807) is 4.57 Å². The molecule has 1 atom stereocenters. The van der Waals surface area contributed by atoms with E-state index in [0.717, 1.165) is 0 Å². The number of nitrogens with zero attached hydrogens (tertiary/aromatic N) is 3. The van der Waals surface area contributed by atoms with E-state index in [9.17, 15) is 14.9 Å². The van der Waals surface area contributed by atoms with Crippen molar-refractivity contribution in [2.75, 3.05) is 0 Å². The number of carbonyl (C=O) groups excluding carboxylic acids is 1. The molecule has 8 heteroatoms. The number of imidazole rings is 1. The van der Waals surface area contributed by atoms with Crippen LogP contribution in [0.1, 0.15) is 25.8 Å². The van der Waals surface area contributed by atoms with Gasteiger partial charge < -0.3 is 14.7 Å². The van der Waals surface area contributed by atoms with E-state index < -0.39 is 4.92 Å². The number of nitrogens with one attached hydrogen (secondary N) is 1. The van der Waals surface area contributed by atoms with E-state index in [0.29, 0.717) is 6.42 Å². The number of amides is 1. The van der Waals surface area contributed by atoms with Crippen LogP contribution in [-0.2, 0) is 4.79 Å². The lowest BCUT2D eigenvalue weighted by Crippen LogP contribution is -2.30. The van der Waals surface area contributed by atoms with E-state index in [1.807, 2.05) is 12.3 Å². The second kappa shape index (κ2) is 5.21. The van der Waals surface area contributed by atoms with Gasteiger partial charge in [0.25, 0.3) is 0 Å². The molecule has 1 aromatic rings. The van der Waals surface area contributed by atoms with Gasteiger partial charge in [0.15, 0.2) is 0 Å². The van der Waals surface area contributed by atoms with Crippen LogP contribution >= 0.6 is 0 Å². The Bertz CT molecular complexity index is 389. The predicted molar refractivity (Wildman–Crippen MR) is 55.2 cm³/mol. The molecule has 8 nitrogen and oxygen atoms in total. The molecule has 88 valence electrons. The molecule has 1 amide bonds. The summed E-state index contributed by atoms with van der Waals surface area (Å²) in [5.74, 6) is 4.47. The number of aromatic nitrogens is 2. The molecule has 0 aliphatic carbocycles. The number of rotatable bonds is 5. The summed E-state index contributed by atoms with van der Waals surface area (Å²) in [4.78, 5) is 24.4. The first-order valence-corrected chi connectivity index (χ1v) is 4.72. The highest BCUT2D eigenvalue weighted by Gasteiger charge is 2.14. The Kier molecular flexibility index (Phi) is 3.95. The van der Waals surface area contributed by atoms with Gasteiger partial charge in [-0.1, -0.05) is 0 Å². The van der Waals surface area contributed by atoms with Crippen molar-refractivity contribution in [2.24, 2.45) is 5.84 Å². The quantitative estimate of drug-likeness (QED) is 0.321. The highest BCUT2D eigenvalue weighted by Crippen LogP contribution is 2.16. The summed E-state index contributed by atoms with van der Waals surface area (Å²) in [7, 11) is 0. The summed E-state index contributed by atoms with van der Waals surface area (Å²) < 4.78 is 1.60. The maximum absolute atomic E-state index is 10.9. The normalized spacial score (nSPS) is 12.1. The maximum Gasteiger partial charge on any atom is 0.381 e. The molecule has 0 aliphatic heterocycles. The summed E-state index contributed by atoms with van der Waals surface area (Å²) >= 11 is 0. The Morgan fingerprint density at radius 1 is 1.81 bits per heavy atom. The van der Waals surface area contributed by atoms with Crippen molar-refractivity contribution >= 4 is 11.7 Å². The molecule has 3 N–H and O–H groups in total. The number of hydrogen-bond acceptors (Lipinski definition) is 5. The van der Waals surface area contributed by atoms with E-state index in [-0.39, 0.29) is 24.2 Å². The molecule has 0 bridgehead atoms. The third-order valence-electron chi connectivity index (χ3n) is 2.23. The second-order valence-electron chi connectivity index (χ2n) is 3.39. The van der Waals surface area contributed by atoms with Gasteiger partial charge in [-0.15, -0.1) is 0 Å². The van der Waals surface area contributed by atoms with Crippen LogP contribution in [0.5, 0.6) is 0 Å². The smallest absolute Gasteiger partial charge is 0.358 e. The van der Waals surface area contributed by atoms with Crippen LogP contribution in [0.4, 0.5) is 5.82 Å². The van der Waals surface area contributed by atoms with Gasteiger partial charge in [-0.3, -0.25) is 10.2 Å². The third-order valence-corrected chi connectivity index (χ3v) is 2.23. The van der Waals surface area contributed by atoms with Crippen LogP contribution < -0.4 is 11.3 Å².